The molecule has 2 N–H and O–H groups in total. The van der Waals surface area contributed by atoms with Gasteiger partial charge in [-0.15, -0.1) is 0 Å². The van der Waals surface area contributed by atoms with Gasteiger partial charge in [-0.25, -0.2) is 19.2 Å². The number of nitrogens with one attached hydrogen (secondary N) is 2. The molecule has 1 aliphatic heterocycles. The third-order valence-corrected chi connectivity index (χ3v) is 7.81. The first-order valence-corrected chi connectivity index (χ1v) is 14.0. The molecule has 214 valence electrons. The van der Waals surface area contributed by atoms with Crippen molar-refractivity contribution in [2.24, 2.45) is 0 Å². The van der Waals surface area contributed by atoms with Gasteiger partial charge in [0.2, 0.25) is 5.91 Å². The SMILES string of the molecule is CN(C(=O)CCc1cccc(F)c1Cl)[C@@H](CCc1ncc2n1CCNC2)COC(=O)Nc1cc2ccccc2cn1. The highest BCUT2D eigenvalue weighted by Crippen LogP contribution is 2.22. The molecule has 2 amide bonds. The maximum Gasteiger partial charge on any atom is 0.412 e. The molecule has 0 saturated carbocycles. The number of pyridine rings is 1. The van der Waals surface area contributed by atoms with E-state index in [4.69, 9.17) is 16.3 Å². The third kappa shape index (κ3) is 7.01. The van der Waals surface area contributed by atoms with E-state index in [1.54, 1.807) is 36.3 Å². The van der Waals surface area contributed by atoms with Crippen LogP contribution in [0, 0.1) is 5.82 Å². The van der Waals surface area contributed by atoms with Gasteiger partial charge in [0.05, 0.1) is 16.8 Å². The molecule has 0 saturated heterocycles. The van der Waals surface area contributed by atoms with Gasteiger partial charge in [0.25, 0.3) is 0 Å². The van der Waals surface area contributed by atoms with Gasteiger partial charge in [0.1, 0.15) is 24.1 Å². The highest BCUT2D eigenvalue weighted by molar-refractivity contribution is 6.31. The number of aromatic nitrogens is 3. The molecular formula is C30H32ClFN6O3. The molecule has 5 rings (SSSR count). The van der Waals surface area contributed by atoms with Crippen LogP contribution >= 0.6 is 11.6 Å². The number of hydrogen-bond acceptors (Lipinski definition) is 6. The minimum Gasteiger partial charge on any atom is -0.447 e. The van der Waals surface area contributed by atoms with Crippen molar-refractivity contribution in [1.29, 1.82) is 0 Å². The van der Waals surface area contributed by atoms with Crippen LogP contribution in [0.15, 0.2) is 60.9 Å². The monoisotopic (exact) mass is 578 g/mol. The Hall–Kier alpha value is -4.02. The second-order valence-electron chi connectivity index (χ2n) is 10.0. The molecule has 11 heteroatoms. The number of hydrogen-bond donors (Lipinski definition) is 2. The number of benzene rings is 2. The lowest BCUT2D eigenvalue weighted by atomic mass is 10.1. The second kappa shape index (κ2) is 13.1. The number of carbonyl (C=O) groups is 2. The fraction of sp³-hybridized carbons (Fsp3) is 0.333. The summed E-state index contributed by atoms with van der Waals surface area (Å²) in [5, 5.41) is 7.94. The molecule has 3 heterocycles. The normalized spacial score (nSPS) is 13.4. The van der Waals surface area contributed by atoms with E-state index in [0.717, 1.165) is 41.9 Å². The Kier molecular flexibility index (Phi) is 9.11. The summed E-state index contributed by atoms with van der Waals surface area (Å²) in [6.07, 6.45) is 4.47. The molecule has 2 aromatic carbocycles. The van der Waals surface area contributed by atoms with Gasteiger partial charge < -0.3 is 19.5 Å². The van der Waals surface area contributed by atoms with E-state index in [1.165, 1.54) is 6.07 Å². The van der Waals surface area contributed by atoms with Gasteiger partial charge >= 0.3 is 6.09 Å². The number of ether oxygens (including phenoxy) is 1. The first-order valence-electron chi connectivity index (χ1n) is 13.6. The molecule has 2 aromatic heterocycles. The van der Waals surface area contributed by atoms with E-state index in [1.807, 2.05) is 30.5 Å². The Labute approximate surface area is 242 Å². The molecule has 9 nitrogen and oxygen atoms in total. The summed E-state index contributed by atoms with van der Waals surface area (Å²) in [6.45, 7) is 2.45. The van der Waals surface area contributed by atoms with Crippen molar-refractivity contribution in [3.05, 3.63) is 88.8 Å². The van der Waals surface area contributed by atoms with Crippen LogP contribution in [0.2, 0.25) is 5.02 Å². The van der Waals surface area contributed by atoms with Crippen molar-refractivity contribution in [2.75, 3.05) is 25.5 Å². The Morgan fingerprint density at radius 1 is 1.15 bits per heavy atom. The van der Waals surface area contributed by atoms with Crippen molar-refractivity contribution in [1.82, 2.24) is 24.8 Å². The zero-order valence-electron chi connectivity index (χ0n) is 22.8. The smallest absolute Gasteiger partial charge is 0.412 e. The summed E-state index contributed by atoms with van der Waals surface area (Å²) in [5.41, 5.74) is 1.69. The molecule has 0 aliphatic carbocycles. The van der Waals surface area contributed by atoms with E-state index in [-0.39, 0.29) is 24.0 Å². The minimum atomic E-state index is -0.658. The zero-order valence-corrected chi connectivity index (χ0v) is 23.5. The predicted octanol–water partition coefficient (Wildman–Crippen LogP) is 4.97. The molecule has 0 fully saturated rings. The summed E-state index contributed by atoms with van der Waals surface area (Å²) < 4.78 is 21.6. The highest BCUT2D eigenvalue weighted by atomic mass is 35.5. The number of halogens is 2. The first-order chi connectivity index (χ1) is 19.9. The standard InChI is InChI=1S/C30H32ClFN6O3/c1-37(28(39)12-9-20-7-4-8-25(32)29(20)31)23(10-11-27-35-18-24-17-33-13-14-38(24)27)19-41-30(40)36-26-15-21-5-2-3-6-22(21)16-34-26/h2-8,15-16,18,23,33H,9-14,17,19H2,1H3,(H,34,36,40)/t23-/m0/s1. The quantitative estimate of drug-likeness (QED) is 0.276. The molecule has 1 atom stereocenters. The van der Waals surface area contributed by atoms with Crippen molar-refractivity contribution < 1.29 is 18.7 Å². The van der Waals surface area contributed by atoms with E-state index in [0.29, 0.717) is 30.6 Å². The van der Waals surface area contributed by atoms with Crippen LogP contribution in [0.5, 0.6) is 0 Å². The van der Waals surface area contributed by atoms with Crippen LogP contribution in [0.25, 0.3) is 10.8 Å². The fourth-order valence-corrected chi connectivity index (χ4v) is 5.21. The molecule has 0 unspecified atom stereocenters. The minimum absolute atomic E-state index is 0.0164. The number of nitrogens with zero attached hydrogens (tertiary/aromatic N) is 4. The van der Waals surface area contributed by atoms with Crippen LogP contribution in [0.4, 0.5) is 15.0 Å². The number of amides is 2. The Balaban J connectivity index is 1.24. The zero-order chi connectivity index (χ0) is 28.8. The number of aryl methyl sites for hydroxylation is 2. The fourth-order valence-electron chi connectivity index (χ4n) is 4.99. The topological polar surface area (TPSA) is 101 Å². The van der Waals surface area contributed by atoms with Gasteiger partial charge in [-0.05, 0) is 35.9 Å². The van der Waals surface area contributed by atoms with E-state index < -0.39 is 18.0 Å². The van der Waals surface area contributed by atoms with Gasteiger partial charge in [-0.1, -0.05) is 48.0 Å². The molecule has 0 bridgehead atoms. The van der Waals surface area contributed by atoms with Crippen molar-refractivity contribution in [3.8, 4) is 0 Å². The second-order valence-corrected chi connectivity index (χ2v) is 10.4. The van der Waals surface area contributed by atoms with Gasteiger partial charge in [-0.2, -0.15) is 0 Å². The van der Waals surface area contributed by atoms with Crippen molar-refractivity contribution >= 4 is 40.2 Å². The Morgan fingerprint density at radius 2 is 1.98 bits per heavy atom. The average Bonchev–Trinajstić information content (AvgIpc) is 3.40. The molecule has 1 aliphatic rings. The van der Waals surface area contributed by atoms with E-state index >= 15 is 0 Å². The number of anilines is 1. The number of imidazole rings is 1. The molecule has 0 spiro atoms. The number of carbonyl (C=O) groups excluding carboxylic acids is 2. The number of likely N-dealkylation sites (N-methyl/N-ethyl adjacent to an activating group) is 1. The largest absolute Gasteiger partial charge is 0.447 e. The Morgan fingerprint density at radius 3 is 2.83 bits per heavy atom. The summed E-state index contributed by atoms with van der Waals surface area (Å²) in [6, 6.07) is 13.7. The summed E-state index contributed by atoms with van der Waals surface area (Å²) in [4.78, 5) is 36.4. The third-order valence-electron chi connectivity index (χ3n) is 7.39. The van der Waals surface area contributed by atoms with Crippen molar-refractivity contribution in [3.63, 3.8) is 0 Å². The average molecular weight is 579 g/mol. The van der Waals surface area contributed by atoms with E-state index in [2.05, 4.69) is 25.2 Å². The molecule has 41 heavy (non-hydrogen) atoms. The van der Waals surface area contributed by atoms with Crippen LogP contribution in [0.1, 0.15) is 29.9 Å². The molecule has 4 aromatic rings. The van der Waals surface area contributed by atoms with Gasteiger partial charge in [0.15, 0.2) is 0 Å². The maximum absolute atomic E-state index is 13.9. The maximum atomic E-state index is 13.9. The van der Waals surface area contributed by atoms with Crippen LogP contribution in [-0.2, 0) is 35.5 Å². The lowest BCUT2D eigenvalue weighted by molar-refractivity contribution is -0.132. The first kappa shape index (κ1) is 28.5. The lowest BCUT2D eigenvalue weighted by Crippen LogP contribution is -2.41. The predicted molar refractivity (Wildman–Crippen MR) is 155 cm³/mol. The van der Waals surface area contributed by atoms with Crippen molar-refractivity contribution in [2.45, 2.75) is 44.8 Å². The van der Waals surface area contributed by atoms with E-state index in [9.17, 15) is 14.0 Å². The number of fused-ring (bicyclic) bond motifs is 2. The highest BCUT2D eigenvalue weighted by Gasteiger charge is 2.24. The molecule has 0 radical (unpaired) electrons. The Bertz CT molecular complexity index is 1540. The van der Waals surface area contributed by atoms with Crippen LogP contribution < -0.4 is 10.6 Å². The van der Waals surface area contributed by atoms with Gasteiger partial charge in [-0.3, -0.25) is 10.1 Å². The molecular weight excluding hydrogens is 547 g/mol. The van der Waals surface area contributed by atoms with Crippen LogP contribution in [-0.4, -0.2) is 57.7 Å². The summed E-state index contributed by atoms with van der Waals surface area (Å²) in [5.74, 6) is 0.634. The lowest BCUT2D eigenvalue weighted by Gasteiger charge is -2.28. The summed E-state index contributed by atoms with van der Waals surface area (Å²) >= 11 is 6.08. The summed E-state index contributed by atoms with van der Waals surface area (Å²) in [7, 11) is 1.69. The van der Waals surface area contributed by atoms with Gasteiger partial charge in [0, 0.05) is 57.3 Å². The number of rotatable bonds is 10. The van der Waals surface area contributed by atoms with Crippen LogP contribution in [0.3, 0.4) is 0 Å².